The lowest BCUT2D eigenvalue weighted by atomic mass is 9.94. The number of pyridine rings is 2. The molecule has 0 fully saturated rings. The number of hydrogen-bond acceptors (Lipinski definition) is 5. The third-order valence-corrected chi connectivity index (χ3v) is 5.54. The number of nitrogens with two attached hydrogens (primary N) is 1. The molecule has 6 heteroatoms. The molecule has 1 aliphatic heterocycles. The number of hydrogen-bond donors (Lipinski definition) is 1. The van der Waals surface area contributed by atoms with E-state index in [4.69, 9.17) is 15.5 Å². The number of aryl methyl sites for hydroxylation is 2. The molecule has 150 valence electrons. The van der Waals surface area contributed by atoms with Gasteiger partial charge in [-0.15, -0.1) is 0 Å². The maximum atomic E-state index is 6.17. The van der Waals surface area contributed by atoms with Gasteiger partial charge in [0.05, 0.1) is 17.6 Å². The summed E-state index contributed by atoms with van der Waals surface area (Å²) in [6, 6.07) is 12.5. The predicted molar refractivity (Wildman–Crippen MR) is 117 cm³/mol. The molecule has 4 aromatic rings. The third kappa shape index (κ3) is 3.10. The van der Waals surface area contributed by atoms with Crippen LogP contribution in [0.15, 0.2) is 55.0 Å². The van der Waals surface area contributed by atoms with E-state index in [1.807, 2.05) is 29.2 Å². The second kappa shape index (κ2) is 7.30. The van der Waals surface area contributed by atoms with Gasteiger partial charge in [0.25, 0.3) is 0 Å². The Morgan fingerprint density at radius 3 is 2.83 bits per heavy atom. The number of anilines is 1. The molecule has 0 spiro atoms. The van der Waals surface area contributed by atoms with Gasteiger partial charge in [0, 0.05) is 42.0 Å². The topological polar surface area (TPSA) is 78.9 Å². The van der Waals surface area contributed by atoms with E-state index in [-0.39, 0.29) is 0 Å². The first kappa shape index (κ1) is 18.4. The van der Waals surface area contributed by atoms with Crippen molar-refractivity contribution in [2.24, 2.45) is 0 Å². The van der Waals surface area contributed by atoms with E-state index < -0.39 is 0 Å². The van der Waals surface area contributed by atoms with Gasteiger partial charge in [-0.2, -0.15) is 5.10 Å². The maximum Gasteiger partial charge on any atom is 0.166 e. The lowest BCUT2D eigenvalue weighted by Gasteiger charge is -2.18. The molecule has 2 N–H and O–H groups in total. The number of rotatable bonds is 1. The molecule has 5 rings (SSSR count). The summed E-state index contributed by atoms with van der Waals surface area (Å²) in [6.45, 7) is 5.32. The van der Waals surface area contributed by atoms with E-state index in [1.54, 1.807) is 6.20 Å². The highest BCUT2D eigenvalue weighted by Gasteiger charge is 2.20. The van der Waals surface area contributed by atoms with E-state index in [2.05, 4.69) is 48.2 Å². The Labute approximate surface area is 175 Å². The van der Waals surface area contributed by atoms with Crippen molar-refractivity contribution in [3.63, 3.8) is 0 Å². The lowest BCUT2D eigenvalue weighted by Crippen LogP contribution is -2.07. The van der Waals surface area contributed by atoms with Gasteiger partial charge in [0.1, 0.15) is 6.61 Å². The molecule has 1 aromatic carbocycles. The largest absolute Gasteiger partial charge is 0.485 e. The summed E-state index contributed by atoms with van der Waals surface area (Å²) < 4.78 is 8.16. The summed E-state index contributed by atoms with van der Waals surface area (Å²) in [5, 5.41) is 4.61. The Bertz CT molecular complexity index is 1240. The molecule has 0 amide bonds. The number of nitrogens with zero attached hydrogens (tertiary/aromatic N) is 4. The van der Waals surface area contributed by atoms with Gasteiger partial charge in [-0.25, -0.2) is 4.98 Å². The first-order valence-corrected chi connectivity index (χ1v) is 10.1. The molecule has 4 heterocycles. The monoisotopic (exact) mass is 397 g/mol. The van der Waals surface area contributed by atoms with Gasteiger partial charge in [-0.1, -0.05) is 29.8 Å². The molecule has 6 nitrogen and oxygen atoms in total. The number of benzene rings is 1. The Kier molecular flexibility index (Phi) is 4.47. The van der Waals surface area contributed by atoms with Crippen molar-refractivity contribution in [1.82, 2.24) is 19.7 Å². The lowest BCUT2D eigenvalue weighted by molar-refractivity contribution is 0.307. The summed E-state index contributed by atoms with van der Waals surface area (Å²) >= 11 is 0. The molecular weight excluding hydrogens is 374 g/mol. The summed E-state index contributed by atoms with van der Waals surface area (Å²) in [4.78, 5) is 9.14. The van der Waals surface area contributed by atoms with Crippen molar-refractivity contribution in [2.45, 2.75) is 33.4 Å². The summed E-state index contributed by atoms with van der Waals surface area (Å²) in [6.07, 6.45) is 6.31. The van der Waals surface area contributed by atoms with Gasteiger partial charge in [0.15, 0.2) is 11.6 Å². The minimum atomic E-state index is 0.382. The van der Waals surface area contributed by atoms with E-state index in [0.717, 1.165) is 52.2 Å². The normalized spacial score (nSPS) is 12.6. The van der Waals surface area contributed by atoms with Gasteiger partial charge in [-0.05, 0) is 37.1 Å². The minimum absolute atomic E-state index is 0.382. The van der Waals surface area contributed by atoms with Crippen LogP contribution in [0.4, 0.5) is 5.82 Å². The van der Waals surface area contributed by atoms with Crippen LogP contribution < -0.4 is 10.5 Å². The number of aromatic nitrogens is 4. The highest BCUT2D eigenvalue weighted by atomic mass is 16.5. The zero-order valence-corrected chi connectivity index (χ0v) is 17.1. The Hall–Kier alpha value is -3.67. The second-order valence-corrected chi connectivity index (χ2v) is 7.58. The molecular formula is C24H23N5O. The molecule has 0 aliphatic carbocycles. The minimum Gasteiger partial charge on any atom is -0.485 e. The van der Waals surface area contributed by atoms with Crippen LogP contribution in [-0.4, -0.2) is 19.7 Å². The zero-order chi connectivity index (χ0) is 20.7. The van der Waals surface area contributed by atoms with Gasteiger partial charge in [0.2, 0.25) is 0 Å². The SMILES string of the molecule is CCn1ncc2c1-c1cnc(N)c(c1)OCc1cc(C)ccc1-c1ncccc1C2. The quantitative estimate of drug-likeness (QED) is 0.515. The van der Waals surface area contributed by atoms with Crippen LogP contribution in [0, 0.1) is 6.92 Å². The average Bonchev–Trinajstić information content (AvgIpc) is 3.16. The molecule has 0 saturated heterocycles. The number of fused-ring (bicyclic) bond motifs is 7. The first-order valence-electron chi connectivity index (χ1n) is 10.1. The summed E-state index contributed by atoms with van der Waals surface area (Å²) in [7, 11) is 0. The maximum absolute atomic E-state index is 6.17. The van der Waals surface area contributed by atoms with Crippen LogP contribution in [0.3, 0.4) is 0 Å². The van der Waals surface area contributed by atoms with Crippen LogP contribution in [0.5, 0.6) is 5.75 Å². The molecule has 30 heavy (non-hydrogen) atoms. The number of nitrogen functional groups attached to an aromatic ring is 1. The molecule has 0 radical (unpaired) electrons. The Morgan fingerprint density at radius 1 is 1.07 bits per heavy atom. The van der Waals surface area contributed by atoms with Crippen LogP contribution >= 0.6 is 0 Å². The molecule has 1 aliphatic rings. The van der Waals surface area contributed by atoms with Crippen molar-refractivity contribution >= 4 is 5.82 Å². The van der Waals surface area contributed by atoms with E-state index in [0.29, 0.717) is 18.2 Å². The van der Waals surface area contributed by atoms with Crippen LogP contribution in [-0.2, 0) is 19.6 Å². The highest BCUT2D eigenvalue weighted by Crippen LogP contribution is 2.35. The highest BCUT2D eigenvalue weighted by molar-refractivity contribution is 5.71. The molecule has 0 atom stereocenters. The van der Waals surface area contributed by atoms with Crippen LogP contribution in [0.1, 0.15) is 29.2 Å². The average molecular weight is 397 g/mol. The Balaban J connectivity index is 1.78. The van der Waals surface area contributed by atoms with Gasteiger partial charge >= 0.3 is 0 Å². The van der Waals surface area contributed by atoms with E-state index in [9.17, 15) is 0 Å². The Morgan fingerprint density at radius 2 is 1.97 bits per heavy atom. The standard InChI is InChI=1S/C24H23N5O/c1-3-29-23-17(13-28-29)10-16-5-4-8-26-22(16)20-7-6-15(2)9-19(20)14-30-21-11-18(23)12-27-24(21)25/h4-9,11-13H,3,10,14H2,1-2H3,(H2,25,27). The molecule has 2 bridgehead atoms. The van der Waals surface area contributed by atoms with Crippen LogP contribution in [0.2, 0.25) is 0 Å². The van der Waals surface area contributed by atoms with Gasteiger partial charge in [-0.3, -0.25) is 9.67 Å². The van der Waals surface area contributed by atoms with Crippen molar-refractivity contribution in [3.05, 3.63) is 77.2 Å². The summed E-state index contributed by atoms with van der Waals surface area (Å²) in [5.74, 6) is 0.962. The fourth-order valence-electron chi connectivity index (χ4n) is 4.09. The van der Waals surface area contributed by atoms with E-state index >= 15 is 0 Å². The van der Waals surface area contributed by atoms with Crippen molar-refractivity contribution in [1.29, 1.82) is 0 Å². The number of ether oxygens (including phenoxy) is 1. The molecule has 0 unspecified atom stereocenters. The smallest absolute Gasteiger partial charge is 0.166 e. The molecule has 0 saturated carbocycles. The fourth-order valence-corrected chi connectivity index (χ4v) is 4.09. The second-order valence-electron chi connectivity index (χ2n) is 7.58. The van der Waals surface area contributed by atoms with Crippen molar-refractivity contribution in [2.75, 3.05) is 5.73 Å². The molecule has 3 aromatic heterocycles. The summed E-state index contributed by atoms with van der Waals surface area (Å²) in [5.41, 5.74) is 14.7. The van der Waals surface area contributed by atoms with Crippen molar-refractivity contribution in [3.8, 4) is 28.3 Å². The van der Waals surface area contributed by atoms with Crippen LogP contribution in [0.25, 0.3) is 22.5 Å². The first-order chi connectivity index (χ1) is 14.6. The fraction of sp³-hybridized carbons (Fsp3) is 0.208. The van der Waals surface area contributed by atoms with Gasteiger partial charge < -0.3 is 10.5 Å². The zero-order valence-electron chi connectivity index (χ0n) is 17.1. The van der Waals surface area contributed by atoms with E-state index in [1.165, 1.54) is 5.56 Å². The van der Waals surface area contributed by atoms with Crippen molar-refractivity contribution < 1.29 is 4.74 Å². The third-order valence-electron chi connectivity index (χ3n) is 5.54. The predicted octanol–water partition coefficient (Wildman–Crippen LogP) is 4.40.